The van der Waals surface area contributed by atoms with Crippen molar-refractivity contribution in [3.05, 3.63) is 57.8 Å². The van der Waals surface area contributed by atoms with Crippen molar-refractivity contribution in [1.29, 1.82) is 0 Å². The van der Waals surface area contributed by atoms with Gasteiger partial charge in [-0.05, 0) is 42.8 Å². The van der Waals surface area contributed by atoms with E-state index >= 15 is 0 Å². The Morgan fingerprint density at radius 3 is 2.60 bits per heavy atom. The molecule has 0 aliphatic carbocycles. The largest absolute Gasteiger partial charge is 0.324 e. The minimum atomic E-state index is -1.04. The monoisotopic (exact) mass is 449 g/mol. The predicted octanol–water partition coefficient (Wildman–Crippen LogP) is 3.37. The number of aryl methyl sites for hydroxylation is 1. The predicted molar refractivity (Wildman–Crippen MR) is 108 cm³/mol. The van der Waals surface area contributed by atoms with Gasteiger partial charge in [0.15, 0.2) is 12.1 Å². The molecule has 2 aliphatic rings. The summed E-state index contributed by atoms with van der Waals surface area (Å²) in [6.45, 7) is 1.47. The van der Waals surface area contributed by atoms with E-state index in [-0.39, 0.29) is 17.3 Å². The third-order valence-electron chi connectivity index (χ3n) is 4.78. The summed E-state index contributed by atoms with van der Waals surface area (Å²) in [7, 11) is 0. The summed E-state index contributed by atoms with van der Waals surface area (Å²) >= 11 is 11.8. The second-order valence-corrected chi connectivity index (χ2v) is 7.63. The van der Waals surface area contributed by atoms with Gasteiger partial charge in [0.2, 0.25) is 5.91 Å². The zero-order chi connectivity index (χ0) is 21.6. The number of nitrogens with zero attached hydrogens (tertiary/aromatic N) is 4. The van der Waals surface area contributed by atoms with Gasteiger partial charge >= 0.3 is 0 Å². The second kappa shape index (κ2) is 7.66. The summed E-state index contributed by atoms with van der Waals surface area (Å²) in [6.07, 6.45) is 0. The Balaban J connectivity index is 1.49. The van der Waals surface area contributed by atoms with Crippen LogP contribution in [0.5, 0.6) is 0 Å². The van der Waals surface area contributed by atoms with Crippen molar-refractivity contribution < 1.29 is 18.8 Å². The van der Waals surface area contributed by atoms with Crippen LogP contribution in [0.15, 0.2) is 46.7 Å². The fourth-order valence-electron chi connectivity index (χ4n) is 3.25. The number of nitrogens with one attached hydrogen (secondary N) is 1. The first-order valence-corrected chi connectivity index (χ1v) is 9.58. The van der Waals surface area contributed by atoms with E-state index in [1.54, 1.807) is 19.1 Å². The smallest absolute Gasteiger partial charge is 0.263 e. The van der Waals surface area contributed by atoms with Gasteiger partial charge in [0, 0.05) is 10.7 Å². The van der Waals surface area contributed by atoms with Crippen LogP contribution in [0.25, 0.3) is 0 Å². The highest BCUT2D eigenvalue weighted by Gasteiger charge is 2.55. The van der Waals surface area contributed by atoms with Gasteiger partial charge in [-0.15, -0.1) is 0 Å². The average molecular weight is 450 g/mol. The molecule has 2 aliphatic heterocycles. The van der Waals surface area contributed by atoms with E-state index in [4.69, 9.17) is 23.2 Å². The summed E-state index contributed by atoms with van der Waals surface area (Å²) in [4.78, 5) is 39.0. The van der Waals surface area contributed by atoms with Crippen LogP contribution in [-0.4, -0.2) is 41.4 Å². The molecule has 2 heterocycles. The van der Waals surface area contributed by atoms with Crippen LogP contribution in [0.1, 0.15) is 5.56 Å². The minimum Gasteiger partial charge on any atom is -0.324 e. The van der Waals surface area contributed by atoms with E-state index in [9.17, 15) is 18.8 Å². The highest BCUT2D eigenvalue weighted by molar-refractivity contribution is 6.32. The molecule has 11 heteroatoms. The van der Waals surface area contributed by atoms with E-state index in [0.29, 0.717) is 10.7 Å². The molecule has 30 heavy (non-hydrogen) atoms. The lowest BCUT2D eigenvalue weighted by molar-refractivity contribution is -0.123. The van der Waals surface area contributed by atoms with Crippen LogP contribution in [0.3, 0.4) is 0 Å². The fourth-order valence-corrected chi connectivity index (χ4v) is 3.61. The highest BCUT2D eigenvalue weighted by Crippen LogP contribution is 2.33. The number of hydrogen-bond donors (Lipinski definition) is 1. The van der Waals surface area contributed by atoms with Gasteiger partial charge in [0.25, 0.3) is 11.8 Å². The minimum absolute atomic E-state index is 0.141. The number of amides is 3. The molecular weight excluding hydrogens is 436 g/mol. The molecule has 0 saturated carbocycles. The van der Waals surface area contributed by atoms with E-state index < -0.39 is 35.6 Å². The summed E-state index contributed by atoms with van der Waals surface area (Å²) in [5.74, 6) is -2.24. The molecule has 1 N–H and O–H groups in total. The third-order valence-corrected chi connectivity index (χ3v) is 5.48. The van der Waals surface area contributed by atoms with Crippen molar-refractivity contribution >= 4 is 52.3 Å². The summed E-state index contributed by atoms with van der Waals surface area (Å²) in [5, 5.41) is 11.6. The zero-order valence-electron chi connectivity index (χ0n) is 15.5. The molecule has 1 fully saturated rings. The number of carbonyl (C=O) groups is 3. The van der Waals surface area contributed by atoms with Gasteiger partial charge < -0.3 is 5.32 Å². The van der Waals surface area contributed by atoms with E-state index in [1.165, 1.54) is 18.2 Å². The number of hydrogen-bond acceptors (Lipinski definition) is 6. The lowest BCUT2D eigenvalue weighted by atomic mass is 10.1. The van der Waals surface area contributed by atoms with Crippen LogP contribution < -0.4 is 10.2 Å². The van der Waals surface area contributed by atoms with Gasteiger partial charge in [-0.2, -0.15) is 5.11 Å². The Kier molecular flexibility index (Phi) is 5.17. The first-order valence-electron chi connectivity index (χ1n) is 8.82. The number of carbonyl (C=O) groups excluding carboxylic acids is 3. The first kappa shape index (κ1) is 20.2. The number of anilines is 2. The molecule has 0 radical (unpaired) electrons. The summed E-state index contributed by atoms with van der Waals surface area (Å²) in [6, 6.07) is 6.51. The van der Waals surface area contributed by atoms with Crippen molar-refractivity contribution in [2.24, 2.45) is 10.3 Å². The second-order valence-electron chi connectivity index (χ2n) is 6.81. The average Bonchev–Trinajstić information content (AvgIpc) is 3.21. The molecule has 0 aromatic heterocycles. The summed E-state index contributed by atoms with van der Waals surface area (Å²) in [5.41, 5.74) is 1.41. The van der Waals surface area contributed by atoms with Gasteiger partial charge in [-0.3, -0.25) is 19.4 Å². The van der Waals surface area contributed by atoms with Crippen molar-refractivity contribution in [2.45, 2.75) is 19.0 Å². The van der Waals surface area contributed by atoms with E-state index in [0.717, 1.165) is 21.5 Å². The quantitative estimate of drug-likeness (QED) is 0.723. The molecule has 2 aromatic carbocycles. The van der Waals surface area contributed by atoms with Gasteiger partial charge in [0.1, 0.15) is 12.4 Å². The Bertz CT molecular complexity index is 1110. The normalized spacial score (nSPS) is 20.1. The maximum atomic E-state index is 13.3. The van der Waals surface area contributed by atoms with Crippen LogP contribution >= 0.6 is 23.2 Å². The molecule has 0 spiro atoms. The Morgan fingerprint density at radius 2 is 1.90 bits per heavy atom. The van der Waals surface area contributed by atoms with Crippen LogP contribution in [0.2, 0.25) is 10.0 Å². The van der Waals surface area contributed by atoms with Crippen LogP contribution in [0.4, 0.5) is 15.8 Å². The molecule has 2 atom stereocenters. The third kappa shape index (κ3) is 3.50. The van der Waals surface area contributed by atoms with Crippen molar-refractivity contribution in [2.75, 3.05) is 16.8 Å². The molecule has 0 bridgehead atoms. The van der Waals surface area contributed by atoms with Crippen molar-refractivity contribution in [3.63, 3.8) is 0 Å². The number of benzene rings is 2. The zero-order valence-corrected chi connectivity index (χ0v) is 17.0. The van der Waals surface area contributed by atoms with Crippen molar-refractivity contribution in [3.8, 4) is 0 Å². The Labute approximate surface area is 180 Å². The first-order chi connectivity index (χ1) is 14.3. The van der Waals surface area contributed by atoms with Gasteiger partial charge in [-0.1, -0.05) is 34.5 Å². The standard InChI is InChI=1S/C19H14Cl2FN5O3/c1-9-2-4-11(7-12(9)20)27-18(29)16-17(19(27)30)26(25-24-16)8-15(28)23-10-3-5-14(22)13(21)6-10/h2-7,16-17H,8H2,1H3,(H,23,28)/t16-,17+/m1/s1. The lowest BCUT2D eigenvalue weighted by Gasteiger charge is -2.20. The maximum absolute atomic E-state index is 13.3. The molecule has 4 rings (SSSR count). The number of rotatable bonds is 4. The molecule has 2 aromatic rings. The van der Waals surface area contributed by atoms with E-state index in [2.05, 4.69) is 15.7 Å². The lowest BCUT2D eigenvalue weighted by Crippen LogP contribution is -2.43. The van der Waals surface area contributed by atoms with Gasteiger partial charge in [-0.25, -0.2) is 9.29 Å². The topological polar surface area (TPSA) is 94.4 Å². The van der Waals surface area contributed by atoms with Crippen LogP contribution in [-0.2, 0) is 14.4 Å². The SMILES string of the molecule is Cc1ccc(N2C(=O)[C@@H]3[C@@H](N=NN3CC(=O)Nc3ccc(F)c(Cl)c3)C2=O)cc1Cl. The molecule has 1 saturated heterocycles. The molecular formula is C19H14Cl2FN5O3. The number of fused-ring (bicyclic) bond motifs is 1. The Hall–Kier alpha value is -3.04. The fraction of sp³-hybridized carbons (Fsp3) is 0.211. The van der Waals surface area contributed by atoms with Crippen molar-refractivity contribution in [1.82, 2.24) is 5.01 Å². The summed E-state index contributed by atoms with van der Waals surface area (Å²) < 4.78 is 13.3. The Morgan fingerprint density at radius 1 is 1.13 bits per heavy atom. The number of halogens is 3. The van der Waals surface area contributed by atoms with Gasteiger partial charge in [0.05, 0.1) is 10.7 Å². The maximum Gasteiger partial charge on any atom is 0.263 e. The molecule has 3 amide bonds. The van der Waals surface area contributed by atoms with Crippen LogP contribution in [0, 0.1) is 12.7 Å². The molecule has 154 valence electrons. The van der Waals surface area contributed by atoms with E-state index in [1.807, 2.05) is 0 Å². The molecule has 0 unspecified atom stereocenters. The number of imide groups is 1. The highest BCUT2D eigenvalue weighted by atomic mass is 35.5. The molecule has 8 nitrogen and oxygen atoms in total.